The van der Waals surface area contributed by atoms with Gasteiger partial charge >= 0.3 is 0 Å². The molecule has 17 heavy (non-hydrogen) atoms. The summed E-state index contributed by atoms with van der Waals surface area (Å²) in [5, 5.41) is 0. The molecule has 0 spiro atoms. The zero-order chi connectivity index (χ0) is 12.8. The lowest BCUT2D eigenvalue weighted by Crippen LogP contribution is -2.20. The van der Waals surface area contributed by atoms with Crippen molar-refractivity contribution in [2.45, 2.75) is 39.3 Å². The van der Waals surface area contributed by atoms with E-state index in [1.54, 1.807) is 7.11 Å². The minimum Gasteiger partial charge on any atom is -0.490 e. The molecule has 2 N–H and O–H groups in total. The summed E-state index contributed by atoms with van der Waals surface area (Å²) in [4.78, 5) is 0. The predicted octanol–water partition coefficient (Wildman–Crippen LogP) is 2.30. The van der Waals surface area contributed by atoms with E-state index >= 15 is 0 Å². The Hall–Kier alpha value is -1.06. The van der Waals surface area contributed by atoms with Crippen molar-refractivity contribution in [2.75, 3.05) is 13.7 Å². The van der Waals surface area contributed by atoms with Gasteiger partial charge in [-0.2, -0.15) is 0 Å². The molecule has 0 fully saturated rings. The SMILES string of the molecule is COC(C)COc1c(C)cccc1CC(C)N. The van der Waals surface area contributed by atoms with Gasteiger partial charge in [0.25, 0.3) is 0 Å². The van der Waals surface area contributed by atoms with Gasteiger partial charge in [-0.1, -0.05) is 18.2 Å². The maximum atomic E-state index is 5.85. The fourth-order valence-electron chi connectivity index (χ4n) is 1.70. The van der Waals surface area contributed by atoms with Crippen LogP contribution in [0.15, 0.2) is 18.2 Å². The van der Waals surface area contributed by atoms with Crippen molar-refractivity contribution in [3.8, 4) is 5.75 Å². The Morgan fingerprint density at radius 2 is 2.00 bits per heavy atom. The van der Waals surface area contributed by atoms with Crippen LogP contribution >= 0.6 is 0 Å². The van der Waals surface area contributed by atoms with Crippen molar-refractivity contribution in [1.29, 1.82) is 0 Å². The number of para-hydroxylation sites is 1. The molecule has 0 aliphatic rings. The number of hydrogen-bond donors (Lipinski definition) is 1. The normalized spacial score (nSPS) is 14.4. The van der Waals surface area contributed by atoms with Crippen molar-refractivity contribution in [3.63, 3.8) is 0 Å². The summed E-state index contributed by atoms with van der Waals surface area (Å²) in [7, 11) is 1.69. The Labute approximate surface area is 104 Å². The number of ether oxygens (including phenoxy) is 2. The van der Waals surface area contributed by atoms with Crippen LogP contribution < -0.4 is 10.5 Å². The molecule has 3 nitrogen and oxygen atoms in total. The molecular weight excluding hydrogens is 214 g/mol. The maximum absolute atomic E-state index is 5.85. The van der Waals surface area contributed by atoms with Gasteiger partial charge < -0.3 is 15.2 Å². The van der Waals surface area contributed by atoms with Crippen LogP contribution in [-0.4, -0.2) is 25.9 Å². The van der Waals surface area contributed by atoms with E-state index in [1.807, 2.05) is 19.9 Å². The standard InChI is InChI=1S/C14H23NO2/c1-10-6-5-7-13(8-11(2)15)14(10)17-9-12(3)16-4/h5-7,11-12H,8-9,15H2,1-4H3. The topological polar surface area (TPSA) is 44.5 Å². The summed E-state index contributed by atoms with van der Waals surface area (Å²) in [5.41, 5.74) is 8.16. The molecular formula is C14H23NO2. The Morgan fingerprint density at radius 3 is 2.59 bits per heavy atom. The lowest BCUT2D eigenvalue weighted by molar-refractivity contribution is 0.0710. The van der Waals surface area contributed by atoms with Crippen LogP contribution in [0.1, 0.15) is 25.0 Å². The molecule has 0 bridgehead atoms. The fraction of sp³-hybridized carbons (Fsp3) is 0.571. The summed E-state index contributed by atoms with van der Waals surface area (Å²) in [6.07, 6.45) is 0.927. The van der Waals surface area contributed by atoms with Crippen molar-refractivity contribution >= 4 is 0 Å². The number of nitrogens with two attached hydrogens (primary N) is 1. The van der Waals surface area contributed by atoms with Crippen LogP contribution in [0.5, 0.6) is 5.75 Å². The molecule has 1 aromatic rings. The molecule has 1 aromatic carbocycles. The van der Waals surface area contributed by atoms with Crippen LogP contribution in [0.4, 0.5) is 0 Å². The molecule has 0 aromatic heterocycles. The molecule has 0 aliphatic heterocycles. The second-order valence-electron chi connectivity index (χ2n) is 4.60. The largest absolute Gasteiger partial charge is 0.490 e. The Balaban J connectivity index is 2.80. The molecule has 2 atom stereocenters. The van der Waals surface area contributed by atoms with Crippen LogP contribution in [0.25, 0.3) is 0 Å². The molecule has 0 amide bonds. The fourth-order valence-corrected chi connectivity index (χ4v) is 1.70. The first-order chi connectivity index (χ1) is 8.04. The first-order valence-corrected chi connectivity index (χ1v) is 6.04. The Kier molecular flexibility index (Phi) is 5.45. The summed E-state index contributed by atoms with van der Waals surface area (Å²) < 4.78 is 11.0. The number of aryl methyl sites for hydroxylation is 1. The number of benzene rings is 1. The van der Waals surface area contributed by atoms with E-state index < -0.39 is 0 Å². The number of hydrogen-bond acceptors (Lipinski definition) is 3. The van der Waals surface area contributed by atoms with Crippen molar-refractivity contribution in [3.05, 3.63) is 29.3 Å². The third-order valence-electron chi connectivity index (χ3n) is 2.70. The number of rotatable bonds is 6. The lowest BCUT2D eigenvalue weighted by Gasteiger charge is -2.17. The second kappa shape index (κ2) is 6.62. The van der Waals surface area contributed by atoms with Crippen molar-refractivity contribution in [2.24, 2.45) is 5.73 Å². The van der Waals surface area contributed by atoms with Gasteiger partial charge in [-0.05, 0) is 38.3 Å². The van der Waals surface area contributed by atoms with E-state index in [0.29, 0.717) is 6.61 Å². The van der Waals surface area contributed by atoms with Gasteiger partial charge in [-0.25, -0.2) is 0 Å². The highest BCUT2D eigenvalue weighted by Gasteiger charge is 2.10. The van der Waals surface area contributed by atoms with E-state index in [0.717, 1.165) is 17.7 Å². The van der Waals surface area contributed by atoms with Gasteiger partial charge in [0.15, 0.2) is 0 Å². The highest BCUT2D eigenvalue weighted by molar-refractivity contribution is 5.41. The smallest absolute Gasteiger partial charge is 0.125 e. The molecule has 1 rings (SSSR count). The molecule has 2 unspecified atom stereocenters. The minimum absolute atomic E-state index is 0.0951. The van der Waals surface area contributed by atoms with Crippen LogP contribution in [0, 0.1) is 6.92 Å². The molecule has 96 valence electrons. The van der Waals surface area contributed by atoms with Gasteiger partial charge in [-0.15, -0.1) is 0 Å². The van der Waals surface area contributed by atoms with Gasteiger partial charge in [0.1, 0.15) is 12.4 Å². The number of methoxy groups -OCH3 is 1. The summed E-state index contributed by atoms with van der Waals surface area (Å²) in [5.74, 6) is 0.953. The van der Waals surface area contributed by atoms with Crippen molar-refractivity contribution in [1.82, 2.24) is 0 Å². The lowest BCUT2D eigenvalue weighted by atomic mass is 10.0. The highest BCUT2D eigenvalue weighted by atomic mass is 16.5. The van der Waals surface area contributed by atoms with Crippen LogP contribution in [0.3, 0.4) is 0 Å². The molecule has 3 heteroatoms. The van der Waals surface area contributed by atoms with Crippen LogP contribution in [0.2, 0.25) is 0 Å². The van der Waals surface area contributed by atoms with E-state index in [4.69, 9.17) is 15.2 Å². The molecule has 0 aliphatic carbocycles. The average Bonchev–Trinajstić information content (AvgIpc) is 2.27. The van der Waals surface area contributed by atoms with Gasteiger partial charge in [0.05, 0.1) is 6.10 Å². The van der Waals surface area contributed by atoms with Gasteiger partial charge in [-0.3, -0.25) is 0 Å². The zero-order valence-electron chi connectivity index (χ0n) is 11.2. The Morgan fingerprint density at radius 1 is 1.29 bits per heavy atom. The van der Waals surface area contributed by atoms with E-state index in [9.17, 15) is 0 Å². The van der Waals surface area contributed by atoms with Gasteiger partial charge in [0.2, 0.25) is 0 Å². The molecule has 0 heterocycles. The molecule has 0 saturated heterocycles. The van der Waals surface area contributed by atoms with E-state index in [-0.39, 0.29) is 12.1 Å². The zero-order valence-corrected chi connectivity index (χ0v) is 11.2. The summed E-state index contributed by atoms with van der Waals surface area (Å²) >= 11 is 0. The third kappa shape index (κ3) is 4.36. The van der Waals surface area contributed by atoms with Crippen molar-refractivity contribution < 1.29 is 9.47 Å². The first kappa shape index (κ1) is 14.0. The monoisotopic (exact) mass is 237 g/mol. The predicted molar refractivity (Wildman–Crippen MR) is 70.5 cm³/mol. The quantitative estimate of drug-likeness (QED) is 0.825. The first-order valence-electron chi connectivity index (χ1n) is 6.04. The minimum atomic E-state index is 0.0951. The molecule has 0 saturated carbocycles. The third-order valence-corrected chi connectivity index (χ3v) is 2.70. The second-order valence-corrected chi connectivity index (χ2v) is 4.60. The van der Waals surface area contributed by atoms with Gasteiger partial charge in [0, 0.05) is 13.2 Å². The van der Waals surface area contributed by atoms with E-state index in [1.165, 1.54) is 5.56 Å². The van der Waals surface area contributed by atoms with E-state index in [2.05, 4.69) is 19.1 Å². The van der Waals surface area contributed by atoms with Crippen LogP contribution in [-0.2, 0) is 11.2 Å². The molecule has 0 radical (unpaired) electrons. The summed E-state index contributed by atoms with van der Waals surface area (Å²) in [6.45, 7) is 6.61. The Bertz CT molecular complexity index is 350. The average molecular weight is 237 g/mol. The maximum Gasteiger partial charge on any atom is 0.125 e. The summed E-state index contributed by atoms with van der Waals surface area (Å²) in [6, 6.07) is 6.30. The highest BCUT2D eigenvalue weighted by Crippen LogP contribution is 2.24.